The third-order valence-corrected chi connectivity index (χ3v) is 4.54. The molecule has 0 bridgehead atoms. The van der Waals surface area contributed by atoms with Crippen molar-refractivity contribution in [1.82, 2.24) is 14.5 Å². The molecule has 1 aliphatic rings. The van der Waals surface area contributed by atoms with E-state index in [0.29, 0.717) is 11.6 Å². The average Bonchev–Trinajstić information content (AvgIpc) is 2.93. The maximum absolute atomic E-state index is 11.6. The molecule has 2 aromatic heterocycles. The standard InChI is InChI=1S/C15H18BrN5O/c1-20-9-18-7-13(20)10-3-2-4-21(8-10)12-5-11(16)6-19-14(12)15(17)22/h5-7,9-10H,2-4,8H2,1H3,(H2,17,22). The zero-order chi connectivity index (χ0) is 15.7. The van der Waals surface area contributed by atoms with Crippen LogP contribution in [0.5, 0.6) is 0 Å². The molecule has 6 nitrogen and oxygen atoms in total. The van der Waals surface area contributed by atoms with Crippen LogP contribution in [0.1, 0.15) is 34.9 Å². The van der Waals surface area contributed by atoms with Crippen LogP contribution in [0.2, 0.25) is 0 Å². The molecule has 1 atom stereocenters. The quantitative estimate of drug-likeness (QED) is 0.905. The number of hydrogen-bond acceptors (Lipinski definition) is 4. The predicted molar refractivity (Wildman–Crippen MR) is 87.9 cm³/mol. The fraction of sp³-hybridized carbons (Fsp3) is 0.400. The number of primary amides is 1. The maximum Gasteiger partial charge on any atom is 0.269 e. The monoisotopic (exact) mass is 363 g/mol. The number of piperidine rings is 1. The van der Waals surface area contributed by atoms with Crippen molar-refractivity contribution in [2.45, 2.75) is 18.8 Å². The molecule has 0 radical (unpaired) electrons. The van der Waals surface area contributed by atoms with Gasteiger partial charge in [0.05, 0.1) is 12.0 Å². The molecule has 1 amide bonds. The molecule has 0 spiro atoms. The molecule has 22 heavy (non-hydrogen) atoms. The lowest BCUT2D eigenvalue weighted by molar-refractivity contribution is 0.0996. The number of rotatable bonds is 3. The van der Waals surface area contributed by atoms with Crippen molar-refractivity contribution in [1.29, 1.82) is 0 Å². The van der Waals surface area contributed by atoms with E-state index in [4.69, 9.17) is 5.73 Å². The van der Waals surface area contributed by atoms with Gasteiger partial charge in [-0.2, -0.15) is 0 Å². The first kappa shape index (κ1) is 15.0. The lowest BCUT2D eigenvalue weighted by Gasteiger charge is -2.35. The summed E-state index contributed by atoms with van der Waals surface area (Å²) in [5, 5.41) is 0. The summed E-state index contributed by atoms with van der Waals surface area (Å²) in [4.78, 5) is 22.2. The molecule has 1 unspecified atom stereocenters. The first-order chi connectivity index (χ1) is 10.6. The van der Waals surface area contributed by atoms with Crippen molar-refractivity contribution in [3.05, 3.63) is 40.6 Å². The Hall–Kier alpha value is -1.89. The van der Waals surface area contributed by atoms with Gasteiger partial charge >= 0.3 is 0 Å². The van der Waals surface area contributed by atoms with Crippen LogP contribution in [0.4, 0.5) is 5.69 Å². The van der Waals surface area contributed by atoms with Gasteiger partial charge in [-0.15, -0.1) is 0 Å². The van der Waals surface area contributed by atoms with Crippen molar-refractivity contribution < 1.29 is 4.79 Å². The van der Waals surface area contributed by atoms with Gasteiger partial charge in [0.1, 0.15) is 0 Å². The van der Waals surface area contributed by atoms with Crippen molar-refractivity contribution >= 4 is 27.5 Å². The Morgan fingerprint density at radius 3 is 2.95 bits per heavy atom. The number of amides is 1. The molecular formula is C15H18BrN5O. The Morgan fingerprint density at radius 2 is 2.27 bits per heavy atom. The van der Waals surface area contributed by atoms with Crippen LogP contribution in [-0.4, -0.2) is 33.5 Å². The second kappa shape index (κ2) is 6.08. The molecule has 1 fully saturated rings. The summed E-state index contributed by atoms with van der Waals surface area (Å²) in [5.41, 5.74) is 7.81. The van der Waals surface area contributed by atoms with Crippen LogP contribution in [0, 0.1) is 0 Å². The summed E-state index contributed by atoms with van der Waals surface area (Å²) in [6.07, 6.45) is 7.52. The van der Waals surface area contributed by atoms with Crippen molar-refractivity contribution in [2.75, 3.05) is 18.0 Å². The summed E-state index contributed by atoms with van der Waals surface area (Å²) < 4.78 is 2.90. The molecule has 1 saturated heterocycles. The van der Waals surface area contributed by atoms with Gasteiger partial charge in [0.15, 0.2) is 5.69 Å². The molecule has 1 aliphatic heterocycles. The number of pyridine rings is 1. The number of nitrogens with two attached hydrogens (primary N) is 1. The highest BCUT2D eigenvalue weighted by atomic mass is 79.9. The molecule has 3 heterocycles. The van der Waals surface area contributed by atoms with E-state index in [0.717, 1.165) is 36.1 Å². The third-order valence-electron chi connectivity index (χ3n) is 4.10. The number of halogens is 1. The second-order valence-corrected chi connectivity index (χ2v) is 6.52. The van der Waals surface area contributed by atoms with Gasteiger partial charge in [0.25, 0.3) is 5.91 Å². The topological polar surface area (TPSA) is 77.0 Å². The minimum Gasteiger partial charge on any atom is -0.369 e. The fourth-order valence-corrected chi connectivity index (χ4v) is 3.38. The summed E-state index contributed by atoms with van der Waals surface area (Å²) in [6, 6.07) is 1.92. The van der Waals surface area contributed by atoms with Crippen LogP contribution in [0.15, 0.2) is 29.3 Å². The Morgan fingerprint density at radius 1 is 1.45 bits per heavy atom. The normalized spacial score (nSPS) is 18.5. The first-order valence-electron chi connectivity index (χ1n) is 7.22. The van der Waals surface area contributed by atoms with E-state index in [-0.39, 0.29) is 0 Å². The highest BCUT2D eigenvalue weighted by Gasteiger charge is 2.26. The number of anilines is 1. The molecular weight excluding hydrogens is 346 g/mol. The molecule has 116 valence electrons. The number of carbonyl (C=O) groups is 1. The van der Waals surface area contributed by atoms with Gasteiger partial charge < -0.3 is 15.2 Å². The molecule has 7 heteroatoms. The van der Waals surface area contributed by atoms with Crippen molar-refractivity contribution in [3.63, 3.8) is 0 Å². The summed E-state index contributed by atoms with van der Waals surface area (Å²) in [5.74, 6) is -0.105. The fourth-order valence-electron chi connectivity index (χ4n) is 3.06. The minimum atomic E-state index is -0.495. The Bertz CT molecular complexity index is 699. The van der Waals surface area contributed by atoms with Gasteiger partial charge in [0.2, 0.25) is 0 Å². The predicted octanol–water partition coefficient (Wildman–Crippen LogP) is 2.06. The van der Waals surface area contributed by atoms with Gasteiger partial charge in [-0.05, 0) is 34.8 Å². The first-order valence-corrected chi connectivity index (χ1v) is 8.02. The summed E-state index contributed by atoms with van der Waals surface area (Å²) >= 11 is 3.42. The highest BCUT2D eigenvalue weighted by Crippen LogP contribution is 2.32. The van der Waals surface area contributed by atoms with E-state index < -0.39 is 5.91 Å². The zero-order valence-corrected chi connectivity index (χ0v) is 14.0. The summed E-state index contributed by atoms with van der Waals surface area (Å²) in [7, 11) is 2.01. The highest BCUT2D eigenvalue weighted by molar-refractivity contribution is 9.10. The summed E-state index contributed by atoms with van der Waals surface area (Å²) in [6.45, 7) is 1.73. The molecule has 3 rings (SSSR count). The minimum absolute atomic E-state index is 0.328. The van der Waals surface area contributed by atoms with Gasteiger partial charge in [-0.1, -0.05) is 0 Å². The zero-order valence-electron chi connectivity index (χ0n) is 12.4. The van der Waals surface area contributed by atoms with Crippen LogP contribution < -0.4 is 10.6 Å². The molecule has 2 N–H and O–H groups in total. The van der Waals surface area contributed by atoms with Gasteiger partial charge in [-0.25, -0.2) is 9.97 Å². The van der Waals surface area contributed by atoms with Crippen LogP contribution in [0.25, 0.3) is 0 Å². The number of carbonyl (C=O) groups excluding carboxylic acids is 1. The number of aromatic nitrogens is 3. The number of aryl methyl sites for hydroxylation is 1. The smallest absolute Gasteiger partial charge is 0.269 e. The Labute approximate surface area is 137 Å². The van der Waals surface area contributed by atoms with Crippen molar-refractivity contribution in [2.24, 2.45) is 12.8 Å². The van der Waals surface area contributed by atoms with Crippen LogP contribution in [0.3, 0.4) is 0 Å². The van der Waals surface area contributed by atoms with E-state index in [9.17, 15) is 4.79 Å². The third kappa shape index (κ3) is 2.85. The molecule has 0 aromatic carbocycles. The van der Waals surface area contributed by atoms with Gasteiger partial charge in [0, 0.05) is 48.6 Å². The molecule has 2 aromatic rings. The van der Waals surface area contributed by atoms with E-state index in [1.54, 1.807) is 6.20 Å². The van der Waals surface area contributed by atoms with Crippen molar-refractivity contribution in [3.8, 4) is 0 Å². The lowest BCUT2D eigenvalue weighted by atomic mass is 9.94. The molecule has 0 aliphatic carbocycles. The van der Waals surface area contributed by atoms with E-state index in [1.807, 2.05) is 25.6 Å². The lowest BCUT2D eigenvalue weighted by Crippen LogP contribution is -2.36. The largest absolute Gasteiger partial charge is 0.369 e. The van der Waals surface area contributed by atoms with Crippen LogP contribution in [-0.2, 0) is 7.05 Å². The number of hydrogen-bond donors (Lipinski definition) is 1. The number of nitrogens with zero attached hydrogens (tertiary/aromatic N) is 4. The maximum atomic E-state index is 11.6. The van der Waals surface area contributed by atoms with E-state index in [2.05, 4.69) is 35.4 Å². The Kier molecular flexibility index (Phi) is 4.15. The Balaban J connectivity index is 1.91. The van der Waals surface area contributed by atoms with E-state index >= 15 is 0 Å². The SMILES string of the molecule is Cn1cncc1C1CCCN(c2cc(Br)cnc2C(N)=O)C1. The van der Waals surface area contributed by atoms with E-state index in [1.165, 1.54) is 5.69 Å². The average molecular weight is 364 g/mol. The van der Waals surface area contributed by atoms with Gasteiger partial charge in [-0.3, -0.25) is 4.79 Å². The molecule has 0 saturated carbocycles. The van der Waals surface area contributed by atoms with Crippen LogP contribution >= 0.6 is 15.9 Å². The second-order valence-electron chi connectivity index (χ2n) is 5.60. The number of imidazole rings is 1.